The van der Waals surface area contributed by atoms with E-state index in [9.17, 15) is 0 Å². The first kappa shape index (κ1) is 15.4. The molecule has 0 fully saturated rings. The first-order valence-corrected chi connectivity index (χ1v) is 7.70. The lowest BCUT2D eigenvalue weighted by atomic mass is 10.5. The third-order valence-corrected chi connectivity index (χ3v) is 3.27. The smallest absolute Gasteiger partial charge is 0.323 e. The van der Waals surface area contributed by atoms with Crippen LogP contribution in [-0.4, -0.2) is 32.6 Å². The van der Waals surface area contributed by atoms with Gasteiger partial charge in [0.25, 0.3) is 0 Å². The minimum atomic E-state index is 0.0105. The van der Waals surface area contributed by atoms with Crippen LogP contribution in [0.3, 0.4) is 0 Å². The highest BCUT2D eigenvalue weighted by Crippen LogP contribution is 2.15. The first-order valence-electron chi connectivity index (χ1n) is 6.88. The number of nitrogens with zero attached hydrogens (tertiary/aromatic N) is 4. The molecule has 0 radical (unpaired) electrons. The van der Waals surface area contributed by atoms with Crippen molar-refractivity contribution in [2.24, 2.45) is 0 Å². The van der Waals surface area contributed by atoms with Gasteiger partial charge in [-0.05, 0) is 27.7 Å². The second-order valence-electron chi connectivity index (χ2n) is 4.68. The van der Waals surface area contributed by atoms with Gasteiger partial charge in [0.15, 0.2) is 0 Å². The van der Waals surface area contributed by atoms with Gasteiger partial charge in [-0.2, -0.15) is 15.0 Å². The van der Waals surface area contributed by atoms with E-state index in [4.69, 9.17) is 4.74 Å². The minimum Gasteiger partial charge on any atom is -0.461 e. The molecule has 8 heteroatoms. The highest BCUT2D eigenvalue weighted by Gasteiger charge is 2.09. The largest absolute Gasteiger partial charge is 0.461 e. The number of aryl methyl sites for hydroxylation is 1. The fourth-order valence-corrected chi connectivity index (χ4v) is 2.30. The molecule has 0 saturated heterocycles. The lowest BCUT2D eigenvalue weighted by molar-refractivity contribution is 0.222. The predicted octanol–water partition coefficient (Wildman–Crippen LogP) is 2.47. The molecule has 0 atom stereocenters. The van der Waals surface area contributed by atoms with Gasteiger partial charge in [-0.15, -0.1) is 11.3 Å². The molecule has 21 heavy (non-hydrogen) atoms. The first-order chi connectivity index (χ1) is 10.1. The van der Waals surface area contributed by atoms with Crippen molar-refractivity contribution >= 4 is 23.2 Å². The number of rotatable bonds is 7. The lowest BCUT2D eigenvalue weighted by Crippen LogP contribution is -2.13. The van der Waals surface area contributed by atoms with Crippen molar-refractivity contribution in [3.63, 3.8) is 0 Å². The number of nitrogens with one attached hydrogen (secondary N) is 2. The van der Waals surface area contributed by atoms with Crippen LogP contribution in [-0.2, 0) is 6.54 Å². The monoisotopic (exact) mass is 308 g/mol. The zero-order valence-corrected chi connectivity index (χ0v) is 13.5. The van der Waals surface area contributed by atoms with Gasteiger partial charge in [0.05, 0.1) is 12.6 Å². The predicted molar refractivity (Wildman–Crippen MR) is 83.9 cm³/mol. The summed E-state index contributed by atoms with van der Waals surface area (Å²) in [5.41, 5.74) is 0. The fourth-order valence-electron chi connectivity index (χ4n) is 1.57. The molecule has 0 aliphatic heterocycles. The number of hydrogen-bond donors (Lipinski definition) is 2. The van der Waals surface area contributed by atoms with Gasteiger partial charge >= 0.3 is 6.01 Å². The zero-order chi connectivity index (χ0) is 15.2. The second kappa shape index (κ2) is 7.16. The van der Waals surface area contributed by atoms with Crippen molar-refractivity contribution < 1.29 is 4.74 Å². The van der Waals surface area contributed by atoms with Crippen LogP contribution in [0.1, 0.15) is 30.7 Å². The van der Waals surface area contributed by atoms with E-state index in [2.05, 4.69) is 30.6 Å². The molecule has 2 rings (SSSR count). The van der Waals surface area contributed by atoms with Gasteiger partial charge in [-0.25, -0.2) is 4.98 Å². The fraction of sp³-hybridized carbons (Fsp3) is 0.538. The summed E-state index contributed by atoms with van der Waals surface area (Å²) in [6.07, 6.45) is 1.86. The van der Waals surface area contributed by atoms with Crippen molar-refractivity contribution in [1.29, 1.82) is 0 Å². The number of aromatic nitrogens is 4. The quantitative estimate of drug-likeness (QED) is 0.812. The molecule has 2 aromatic rings. The van der Waals surface area contributed by atoms with Gasteiger partial charge in [-0.3, -0.25) is 0 Å². The van der Waals surface area contributed by atoms with E-state index >= 15 is 0 Å². The molecule has 2 aromatic heterocycles. The Morgan fingerprint density at radius 1 is 1.19 bits per heavy atom. The summed E-state index contributed by atoms with van der Waals surface area (Å²) in [6, 6.07) is 0.314. The van der Waals surface area contributed by atoms with Gasteiger partial charge in [0.2, 0.25) is 11.9 Å². The van der Waals surface area contributed by atoms with Gasteiger partial charge < -0.3 is 15.4 Å². The van der Waals surface area contributed by atoms with Gasteiger partial charge in [0.1, 0.15) is 5.01 Å². The molecule has 2 N–H and O–H groups in total. The van der Waals surface area contributed by atoms with Crippen molar-refractivity contribution in [3.05, 3.63) is 16.1 Å². The van der Waals surface area contributed by atoms with Crippen molar-refractivity contribution in [3.8, 4) is 6.01 Å². The molecule has 0 amide bonds. The Morgan fingerprint density at radius 2 is 1.90 bits per heavy atom. The summed E-state index contributed by atoms with van der Waals surface area (Å²) in [6.45, 7) is 9.19. The number of ether oxygens (including phenoxy) is 1. The van der Waals surface area contributed by atoms with Crippen LogP contribution >= 0.6 is 11.3 Å². The molecule has 2 heterocycles. The van der Waals surface area contributed by atoms with E-state index in [0.29, 0.717) is 24.5 Å². The van der Waals surface area contributed by atoms with Crippen LogP contribution in [0.25, 0.3) is 0 Å². The summed E-state index contributed by atoms with van der Waals surface area (Å²) >= 11 is 1.64. The number of hydrogen-bond acceptors (Lipinski definition) is 8. The van der Waals surface area contributed by atoms with Crippen molar-refractivity contribution in [2.45, 2.75) is 40.3 Å². The number of thiazole rings is 1. The van der Waals surface area contributed by atoms with Crippen LogP contribution in [0.5, 0.6) is 6.01 Å². The molecule has 0 aliphatic rings. The van der Waals surface area contributed by atoms with E-state index in [-0.39, 0.29) is 6.10 Å². The maximum absolute atomic E-state index is 5.54. The standard InChI is InChI=1S/C13H20N6OS/c1-5-14-11-17-12(19-13(18-11)20-8(2)3)16-7-10-15-6-9(4)21-10/h6,8H,5,7H2,1-4H3,(H2,14,16,17,18,19). The molecule has 0 bridgehead atoms. The third kappa shape index (κ3) is 4.82. The lowest BCUT2D eigenvalue weighted by Gasteiger charge is -2.11. The molecule has 114 valence electrons. The third-order valence-electron chi connectivity index (χ3n) is 2.36. The minimum absolute atomic E-state index is 0.0105. The highest BCUT2D eigenvalue weighted by atomic mass is 32.1. The molecule has 0 saturated carbocycles. The van der Waals surface area contributed by atoms with E-state index < -0.39 is 0 Å². The zero-order valence-electron chi connectivity index (χ0n) is 12.7. The summed E-state index contributed by atoms with van der Waals surface area (Å²) in [4.78, 5) is 18.3. The molecule has 0 unspecified atom stereocenters. The molecular weight excluding hydrogens is 288 g/mol. The van der Waals surface area contributed by atoms with E-state index in [0.717, 1.165) is 11.6 Å². The Morgan fingerprint density at radius 3 is 2.48 bits per heavy atom. The van der Waals surface area contributed by atoms with Crippen LogP contribution in [0, 0.1) is 6.92 Å². The van der Waals surface area contributed by atoms with Crippen LogP contribution in [0.2, 0.25) is 0 Å². The highest BCUT2D eigenvalue weighted by molar-refractivity contribution is 7.11. The normalized spacial score (nSPS) is 10.7. The molecule has 0 spiro atoms. The van der Waals surface area contributed by atoms with Gasteiger partial charge in [-0.1, -0.05) is 0 Å². The van der Waals surface area contributed by atoms with Crippen LogP contribution in [0.15, 0.2) is 6.20 Å². The molecule has 0 aromatic carbocycles. The van der Waals surface area contributed by atoms with E-state index in [1.54, 1.807) is 11.3 Å². The Kier molecular flexibility index (Phi) is 5.26. The van der Waals surface area contributed by atoms with Crippen LogP contribution < -0.4 is 15.4 Å². The van der Waals surface area contributed by atoms with Crippen molar-refractivity contribution in [1.82, 2.24) is 19.9 Å². The summed E-state index contributed by atoms with van der Waals surface area (Å²) in [5.74, 6) is 0.977. The Balaban J connectivity index is 2.10. The second-order valence-corrected chi connectivity index (χ2v) is 6.00. The maximum Gasteiger partial charge on any atom is 0.323 e. The Hall–Kier alpha value is -1.96. The maximum atomic E-state index is 5.54. The van der Waals surface area contributed by atoms with E-state index in [1.807, 2.05) is 33.9 Å². The number of anilines is 2. The summed E-state index contributed by atoms with van der Waals surface area (Å²) in [5, 5.41) is 7.21. The van der Waals surface area contributed by atoms with E-state index in [1.165, 1.54) is 4.88 Å². The SMILES string of the molecule is CCNc1nc(NCc2ncc(C)s2)nc(OC(C)C)n1. The average Bonchev–Trinajstić information content (AvgIpc) is 2.82. The molecule has 7 nitrogen and oxygen atoms in total. The summed E-state index contributed by atoms with van der Waals surface area (Å²) in [7, 11) is 0. The average molecular weight is 308 g/mol. The topological polar surface area (TPSA) is 84.9 Å². The van der Waals surface area contributed by atoms with Gasteiger partial charge in [0, 0.05) is 17.6 Å². The van der Waals surface area contributed by atoms with Crippen molar-refractivity contribution in [2.75, 3.05) is 17.2 Å². The Bertz CT molecular complexity index is 586. The Labute approximate surface area is 128 Å². The summed E-state index contributed by atoms with van der Waals surface area (Å²) < 4.78 is 5.54. The van der Waals surface area contributed by atoms with Crippen LogP contribution in [0.4, 0.5) is 11.9 Å². The molecular formula is C13H20N6OS. The molecule has 0 aliphatic carbocycles.